The van der Waals surface area contributed by atoms with Gasteiger partial charge in [-0.3, -0.25) is 9.59 Å². The molecule has 0 spiro atoms. The molecule has 0 N–H and O–H groups in total. The number of ether oxygens (including phenoxy) is 2. The van der Waals surface area contributed by atoms with Gasteiger partial charge in [0.05, 0.1) is 6.04 Å². The Morgan fingerprint density at radius 1 is 1.19 bits per heavy atom. The second kappa shape index (κ2) is 8.08. The third kappa shape index (κ3) is 3.70. The third-order valence-electron chi connectivity index (χ3n) is 5.42. The lowest BCUT2D eigenvalue weighted by atomic mass is 9.79. The summed E-state index contributed by atoms with van der Waals surface area (Å²) in [7, 11) is 1.60. The molecule has 2 heterocycles. The number of carbonyl (C=O) groups excluding carboxylic acids is 2. The molecule has 0 aliphatic carbocycles. The SMILES string of the molecule is CO[C@H]1C(=O)N(C(C)C)[C@H]1C1CCN(C(=O)COc2ccccc2)CC1. The highest BCUT2D eigenvalue weighted by Crippen LogP contribution is 2.36. The predicted octanol–water partition coefficient (Wildman–Crippen LogP) is 1.94. The molecule has 6 nitrogen and oxygen atoms in total. The molecule has 1 aromatic rings. The van der Waals surface area contributed by atoms with Crippen molar-refractivity contribution in [2.45, 2.75) is 44.9 Å². The zero-order chi connectivity index (χ0) is 18.7. The lowest BCUT2D eigenvalue weighted by Gasteiger charge is -2.53. The molecule has 142 valence electrons. The van der Waals surface area contributed by atoms with Crippen molar-refractivity contribution in [3.63, 3.8) is 0 Å². The number of piperidine rings is 1. The van der Waals surface area contributed by atoms with Crippen molar-refractivity contribution >= 4 is 11.8 Å². The van der Waals surface area contributed by atoms with Gasteiger partial charge in [0.2, 0.25) is 0 Å². The van der Waals surface area contributed by atoms with Crippen LogP contribution in [0.2, 0.25) is 0 Å². The Kier molecular flexibility index (Phi) is 5.81. The summed E-state index contributed by atoms with van der Waals surface area (Å²) in [6.45, 7) is 5.55. The molecule has 2 aliphatic rings. The van der Waals surface area contributed by atoms with Gasteiger partial charge in [0, 0.05) is 26.2 Å². The summed E-state index contributed by atoms with van der Waals surface area (Å²) in [6.07, 6.45) is 1.45. The maximum Gasteiger partial charge on any atom is 0.260 e. The predicted molar refractivity (Wildman–Crippen MR) is 97.8 cm³/mol. The molecule has 1 aromatic carbocycles. The molecule has 6 heteroatoms. The molecular formula is C20H28N2O4. The smallest absolute Gasteiger partial charge is 0.260 e. The first kappa shape index (κ1) is 18.7. The van der Waals surface area contributed by atoms with Crippen molar-refractivity contribution in [2.75, 3.05) is 26.8 Å². The Labute approximate surface area is 155 Å². The molecule has 0 bridgehead atoms. The van der Waals surface area contributed by atoms with Gasteiger partial charge in [-0.25, -0.2) is 0 Å². The molecular weight excluding hydrogens is 332 g/mol. The van der Waals surface area contributed by atoms with Crippen LogP contribution in [0.15, 0.2) is 30.3 Å². The fourth-order valence-corrected chi connectivity index (χ4v) is 4.06. The minimum absolute atomic E-state index is 0.0148. The Morgan fingerprint density at radius 2 is 1.85 bits per heavy atom. The van der Waals surface area contributed by atoms with Crippen molar-refractivity contribution in [3.05, 3.63) is 30.3 Å². The summed E-state index contributed by atoms with van der Waals surface area (Å²) in [6, 6.07) is 9.69. The number of rotatable bonds is 6. The average molecular weight is 360 g/mol. The van der Waals surface area contributed by atoms with Gasteiger partial charge in [0.1, 0.15) is 5.75 Å². The summed E-state index contributed by atoms with van der Waals surface area (Å²) < 4.78 is 11.0. The van der Waals surface area contributed by atoms with E-state index in [1.54, 1.807) is 7.11 Å². The Balaban J connectivity index is 1.50. The second-order valence-electron chi connectivity index (χ2n) is 7.31. The average Bonchev–Trinajstić information content (AvgIpc) is 2.65. The van der Waals surface area contributed by atoms with Crippen molar-refractivity contribution < 1.29 is 19.1 Å². The van der Waals surface area contributed by atoms with E-state index in [1.807, 2.05) is 54.0 Å². The highest BCUT2D eigenvalue weighted by atomic mass is 16.5. The fraction of sp³-hybridized carbons (Fsp3) is 0.600. The molecule has 0 unspecified atom stereocenters. The van der Waals surface area contributed by atoms with Crippen LogP contribution >= 0.6 is 0 Å². The number of carbonyl (C=O) groups is 2. The van der Waals surface area contributed by atoms with Gasteiger partial charge in [-0.05, 0) is 44.7 Å². The van der Waals surface area contributed by atoms with E-state index in [4.69, 9.17) is 9.47 Å². The minimum Gasteiger partial charge on any atom is -0.484 e. The second-order valence-corrected chi connectivity index (χ2v) is 7.31. The lowest BCUT2D eigenvalue weighted by Crippen LogP contribution is -2.70. The number of para-hydroxylation sites is 1. The van der Waals surface area contributed by atoms with Gasteiger partial charge in [-0.15, -0.1) is 0 Å². The third-order valence-corrected chi connectivity index (χ3v) is 5.42. The maximum absolute atomic E-state index is 12.4. The molecule has 0 saturated carbocycles. The van der Waals surface area contributed by atoms with Gasteiger partial charge >= 0.3 is 0 Å². The summed E-state index contributed by atoms with van der Waals surface area (Å²) in [5.41, 5.74) is 0. The lowest BCUT2D eigenvalue weighted by molar-refractivity contribution is -0.182. The quantitative estimate of drug-likeness (QED) is 0.728. The van der Waals surface area contributed by atoms with E-state index in [1.165, 1.54) is 0 Å². The number of β-lactam (4-membered cyclic amide) rings is 1. The van der Waals surface area contributed by atoms with E-state index < -0.39 is 0 Å². The van der Waals surface area contributed by atoms with Gasteiger partial charge in [0.25, 0.3) is 11.8 Å². The van der Waals surface area contributed by atoms with Gasteiger partial charge in [-0.2, -0.15) is 0 Å². The van der Waals surface area contributed by atoms with Crippen LogP contribution < -0.4 is 4.74 Å². The first-order valence-corrected chi connectivity index (χ1v) is 9.33. The highest BCUT2D eigenvalue weighted by Gasteiger charge is 2.52. The largest absolute Gasteiger partial charge is 0.484 e. The van der Waals surface area contributed by atoms with Crippen molar-refractivity contribution in [1.29, 1.82) is 0 Å². The Bertz CT molecular complexity index is 626. The number of hydrogen-bond acceptors (Lipinski definition) is 4. The van der Waals surface area contributed by atoms with E-state index in [-0.39, 0.29) is 36.6 Å². The van der Waals surface area contributed by atoms with Crippen LogP contribution in [0.4, 0.5) is 0 Å². The zero-order valence-electron chi connectivity index (χ0n) is 15.8. The van der Waals surface area contributed by atoms with Crippen molar-refractivity contribution in [1.82, 2.24) is 9.80 Å². The van der Waals surface area contributed by atoms with E-state index in [2.05, 4.69) is 0 Å². The number of methoxy groups -OCH3 is 1. The number of hydrogen-bond donors (Lipinski definition) is 0. The van der Waals surface area contributed by atoms with E-state index in [0.29, 0.717) is 24.8 Å². The number of nitrogens with zero attached hydrogens (tertiary/aromatic N) is 2. The highest BCUT2D eigenvalue weighted by molar-refractivity contribution is 5.88. The topological polar surface area (TPSA) is 59.1 Å². The van der Waals surface area contributed by atoms with Crippen molar-refractivity contribution in [3.8, 4) is 5.75 Å². The number of amides is 2. The number of benzene rings is 1. The molecule has 2 saturated heterocycles. The molecule has 2 fully saturated rings. The van der Waals surface area contributed by atoms with Crippen LogP contribution in [0.3, 0.4) is 0 Å². The van der Waals surface area contributed by atoms with Crippen LogP contribution in [0, 0.1) is 5.92 Å². The maximum atomic E-state index is 12.4. The molecule has 3 rings (SSSR count). The molecule has 2 aliphatic heterocycles. The fourth-order valence-electron chi connectivity index (χ4n) is 4.06. The zero-order valence-corrected chi connectivity index (χ0v) is 15.8. The first-order chi connectivity index (χ1) is 12.5. The summed E-state index contributed by atoms with van der Waals surface area (Å²) in [4.78, 5) is 28.4. The summed E-state index contributed by atoms with van der Waals surface area (Å²) >= 11 is 0. The van der Waals surface area contributed by atoms with Gasteiger partial charge in [-0.1, -0.05) is 18.2 Å². The Morgan fingerprint density at radius 3 is 2.42 bits per heavy atom. The molecule has 2 atom stereocenters. The first-order valence-electron chi connectivity index (χ1n) is 9.33. The van der Waals surface area contributed by atoms with Gasteiger partial charge in [0.15, 0.2) is 12.7 Å². The van der Waals surface area contributed by atoms with E-state index >= 15 is 0 Å². The van der Waals surface area contributed by atoms with Crippen LogP contribution in [0.1, 0.15) is 26.7 Å². The van der Waals surface area contributed by atoms with E-state index in [0.717, 1.165) is 12.8 Å². The molecule has 0 aromatic heterocycles. The Hall–Kier alpha value is -2.08. The normalized spacial score (nSPS) is 23.9. The summed E-state index contributed by atoms with van der Waals surface area (Å²) in [5.74, 6) is 1.18. The van der Waals surface area contributed by atoms with Crippen LogP contribution in [-0.2, 0) is 14.3 Å². The molecule has 26 heavy (non-hydrogen) atoms. The minimum atomic E-state index is -0.328. The number of likely N-dealkylation sites (tertiary alicyclic amines) is 2. The standard InChI is InChI=1S/C20H28N2O4/c1-14(2)22-18(19(25-3)20(22)24)15-9-11-21(12-10-15)17(23)13-26-16-7-5-4-6-8-16/h4-8,14-15,18-19H,9-13H2,1-3H3/t18-,19+/m0/s1. The van der Waals surface area contributed by atoms with Crippen LogP contribution in [0.5, 0.6) is 5.75 Å². The van der Waals surface area contributed by atoms with Gasteiger partial charge < -0.3 is 19.3 Å². The van der Waals surface area contributed by atoms with Crippen LogP contribution in [0.25, 0.3) is 0 Å². The monoisotopic (exact) mass is 360 g/mol. The van der Waals surface area contributed by atoms with Crippen molar-refractivity contribution in [2.24, 2.45) is 5.92 Å². The van der Waals surface area contributed by atoms with Crippen LogP contribution in [-0.4, -0.2) is 66.6 Å². The summed E-state index contributed by atoms with van der Waals surface area (Å²) in [5, 5.41) is 0. The molecule has 2 amide bonds. The van der Waals surface area contributed by atoms with E-state index in [9.17, 15) is 9.59 Å². The molecule has 0 radical (unpaired) electrons.